The van der Waals surface area contributed by atoms with Crippen LogP contribution >= 0.6 is 0 Å². The quantitative estimate of drug-likeness (QED) is 0.632. The molecule has 2 aromatic carbocycles. The van der Waals surface area contributed by atoms with Crippen LogP contribution in [0.25, 0.3) is 21.8 Å². The molecular weight excluding hydrogens is 336 g/mol. The van der Waals surface area contributed by atoms with Gasteiger partial charge in [0.1, 0.15) is 0 Å². The summed E-state index contributed by atoms with van der Waals surface area (Å²) >= 11 is 0. The number of carbonyl (C=O) groups is 2. The molecule has 4 nitrogen and oxygen atoms in total. The topological polar surface area (TPSA) is 42.3 Å². The third-order valence-corrected chi connectivity index (χ3v) is 5.75. The second-order valence-electron chi connectivity index (χ2n) is 7.96. The molecule has 0 N–H and O–H groups in total. The van der Waals surface area contributed by atoms with Gasteiger partial charge in [-0.25, -0.2) is 0 Å². The molecule has 0 spiro atoms. The van der Waals surface area contributed by atoms with Crippen LogP contribution in [0.4, 0.5) is 0 Å². The monoisotopic (exact) mass is 362 g/mol. The van der Waals surface area contributed by atoms with Crippen LogP contribution in [0.15, 0.2) is 24.3 Å². The molecule has 0 atom stereocenters. The average molecular weight is 362 g/mol. The number of benzene rings is 2. The number of nitrogens with zero attached hydrogens (tertiary/aromatic N) is 2. The molecule has 0 radical (unpaired) electrons. The maximum Gasteiger partial charge on any atom is 0.163 e. The molecule has 0 aliphatic heterocycles. The van der Waals surface area contributed by atoms with Crippen LogP contribution in [0, 0.1) is 6.92 Å². The van der Waals surface area contributed by atoms with Crippen molar-refractivity contribution in [3.05, 3.63) is 46.5 Å². The van der Waals surface area contributed by atoms with Gasteiger partial charge in [0.05, 0.1) is 0 Å². The molecule has 0 saturated carbocycles. The summed E-state index contributed by atoms with van der Waals surface area (Å²) in [5.74, 6) is 0.325. The van der Waals surface area contributed by atoms with Crippen LogP contribution in [-0.4, -0.2) is 41.7 Å². The number of fused-ring (bicyclic) bond motifs is 5. The van der Waals surface area contributed by atoms with E-state index in [1.165, 1.54) is 16.4 Å². The van der Waals surface area contributed by atoms with Gasteiger partial charge in [-0.15, -0.1) is 0 Å². The van der Waals surface area contributed by atoms with Gasteiger partial charge in [0.25, 0.3) is 0 Å². The van der Waals surface area contributed by atoms with Crippen molar-refractivity contribution in [2.45, 2.75) is 39.7 Å². The van der Waals surface area contributed by atoms with E-state index in [1.807, 2.05) is 19.1 Å². The summed E-state index contributed by atoms with van der Waals surface area (Å²) in [5, 5.41) is 2.28. The lowest BCUT2D eigenvalue weighted by atomic mass is 9.98. The Morgan fingerprint density at radius 2 is 1.93 bits per heavy atom. The molecule has 1 aliphatic rings. The van der Waals surface area contributed by atoms with Crippen molar-refractivity contribution >= 4 is 33.4 Å². The van der Waals surface area contributed by atoms with Crippen LogP contribution in [0.5, 0.6) is 0 Å². The molecule has 0 fully saturated rings. The Morgan fingerprint density at radius 1 is 1.15 bits per heavy atom. The summed E-state index contributed by atoms with van der Waals surface area (Å²) in [4.78, 5) is 26.6. The number of rotatable bonds is 5. The number of carbonyl (C=O) groups excluding carboxylic acids is 2. The van der Waals surface area contributed by atoms with Crippen LogP contribution in [0.1, 0.15) is 51.6 Å². The zero-order valence-electron chi connectivity index (χ0n) is 16.6. The molecule has 0 unspecified atom stereocenters. The molecule has 0 bridgehead atoms. The normalized spacial score (nSPS) is 13.9. The highest BCUT2D eigenvalue weighted by atomic mass is 16.1. The minimum absolute atomic E-state index is 0.0894. The van der Waals surface area contributed by atoms with E-state index in [9.17, 15) is 9.59 Å². The summed E-state index contributed by atoms with van der Waals surface area (Å²) in [6.45, 7) is 5.57. The minimum atomic E-state index is 0.0894. The van der Waals surface area contributed by atoms with Crippen LogP contribution in [-0.2, 0) is 13.0 Å². The zero-order chi connectivity index (χ0) is 19.3. The number of hydrogen-bond acceptors (Lipinski definition) is 3. The van der Waals surface area contributed by atoms with Crippen molar-refractivity contribution in [2.24, 2.45) is 0 Å². The number of aromatic nitrogens is 1. The fourth-order valence-corrected chi connectivity index (χ4v) is 4.47. The maximum atomic E-state index is 12.3. The van der Waals surface area contributed by atoms with E-state index in [2.05, 4.69) is 35.7 Å². The van der Waals surface area contributed by atoms with Crippen molar-refractivity contribution in [1.29, 1.82) is 0 Å². The van der Waals surface area contributed by atoms with E-state index < -0.39 is 0 Å². The summed E-state index contributed by atoms with van der Waals surface area (Å²) in [6.07, 6.45) is 2.44. The lowest BCUT2D eigenvalue weighted by Gasteiger charge is -2.12. The summed E-state index contributed by atoms with van der Waals surface area (Å²) in [7, 11) is 4.18. The van der Waals surface area contributed by atoms with Crippen molar-refractivity contribution in [1.82, 2.24) is 9.47 Å². The number of aryl methyl sites for hydroxylation is 3. The third-order valence-electron chi connectivity index (χ3n) is 5.75. The van der Waals surface area contributed by atoms with E-state index in [-0.39, 0.29) is 11.6 Å². The first-order chi connectivity index (χ1) is 12.9. The van der Waals surface area contributed by atoms with Gasteiger partial charge in [0.15, 0.2) is 11.6 Å². The number of Topliss-reactive ketones (excluding diaryl/α,β-unsaturated/α-hetero) is 2. The predicted molar refractivity (Wildman–Crippen MR) is 110 cm³/mol. The van der Waals surface area contributed by atoms with Gasteiger partial charge in [0, 0.05) is 45.9 Å². The Bertz CT molecular complexity index is 1090. The highest BCUT2D eigenvalue weighted by molar-refractivity contribution is 6.16. The van der Waals surface area contributed by atoms with Crippen molar-refractivity contribution < 1.29 is 9.59 Å². The van der Waals surface area contributed by atoms with Crippen LogP contribution in [0.2, 0.25) is 0 Å². The summed E-state index contributed by atoms with van der Waals surface area (Å²) < 4.78 is 2.37. The fourth-order valence-electron chi connectivity index (χ4n) is 4.47. The second kappa shape index (κ2) is 6.61. The molecule has 0 amide bonds. The molecule has 1 aromatic heterocycles. The molecular formula is C23H26N2O2. The first kappa shape index (κ1) is 17.9. The molecule has 4 rings (SSSR count). The second-order valence-corrected chi connectivity index (χ2v) is 7.96. The molecule has 1 heterocycles. The van der Waals surface area contributed by atoms with E-state index in [1.54, 1.807) is 6.92 Å². The first-order valence-corrected chi connectivity index (χ1v) is 9.65. The van der Waals surface area contributed by atoms with Crippen molar-refractivity contribution in [2.75, 3.05) is 20.6 Å². The van der Waals surface area contributed by atoms with Crippen LogP contribution in [0.3, 0.4) is 0 Å². The van der Waals surface area contributed by atoms with E-state index in [0.29, 0.717) is 6.42 Å². The number of hydrogen-bond donors (Lipinski definition) is 0. The Morgan fingerprint density at radius 3 is 2.63 bits per heavy atom. The maximum absolute atomic E-state index is 12.3. The standard InChI is InChI=1S/C23H26N2O2/c1-14-12-21-19(13-18(14)15(2)26)23-17-7-9-22(27)16(17)6-8-20(23)25(21)11-5-10-24(3)4/h6,8,12-13H,5,7,9-11H2,1-4H3. The Balaban J connectivity index is 2.01. The smallest absolute Gasteiger partial charge is 0.163 e. The Labute approximate surface area is 159 Å². The van der Waals surface area contributed by atoms with Gasteiger partial charge >= 0.3 is 0 Å². The predicted octanol–water partition coefficient (Wildman–Crippen LogP) is 4.39. The lowest BCUT2D eigenvalue weighted by Crippen LogP contribution is -2.15. The van der Waals surface area contributed by atoms with Gasteiger partial charge in [-0.1, -0.05) is 0 Å². The Kier molecular flexibility index (Phi) is 4.39. The fraction of sp³-hybridized carbons (Fsp3) is 0.391. The lowest BCUT2D eigenvalue weighted by molar-refractivity contribution is 0.0991. The van der Waals surface area contributed by atoms with Crippen molar-refractivity contribution in [3.8, 4) is 0 Å². The average Bonchev–Trinajstić information content (AvgIpc) is 3.12. The first-order valence-electron chi connectivity index (χ1n) is 9.65. The van der Waals surface area contributed by atoms with Crippen molar-refractivity contribution in [3.63, 3.8) is 0 Å². The third kappa shape index (κ3) is 2.88. The molecule has 3 aromatic rings. The SMILES string of the molecule is CC(=O)c1cc2c3c4c(ccc3n(CCCN(C)C)c2cc1C)C(=O)CC4. The minimum Gasteiger partial charge on any atom is -0.340 e. The van der Waals surface area contributed by atoms with Crippen LogP contribution < -0.4 is 0 Å². The number of ketones is 2. The molecule has 1 aliphatic carbocycles. The summed E-state index contributed by atoms with van der Waals surface area (Å²) in [6, 6.07) is 8.27. The van der Waals surface area contributed by atoms with E-state index in [4.69, 9.17) is 0 Å². The van der Waals surface area contributed by atoms with E-state index in [0.717, 1.165) is 53.6 Å². The van der Waals surface area contributed by atoms with E-state index >= 15 is 0 Å². The molecule has 4 heteroatoms. The highest BCUT2D eigenvalue weighted by Gasteiger charge is 2.25. The van der Waals surface area contributed by atoms with Gasteiger partial charge < -0.3 is 9.47 Å². The van der Waals surface area contributed by atoms with Gasteiger partial charge in [-0.2, -0.15) is 0 Å². The summed E-state index contributed by atoms with van der Waals surface area (Å²) in [5.41, 5.74) is 6.15. The highest BCUT2D eigenvalue weighted by Crippen LogP contribution is 2.38. The van der Waals surface area contributed by atoms with Gasteiger partial charge in [-0.05, 0) is 82.7 Å². The van der Waals surface area contributed by atoms with Gasteiger partial charge in [0.2, 0.25) is 0 Å². The Hall–Kier alpha value is -2.46. The molecule has 27 heavy (non-hydrogen) atoms. The molecule has 140 valence electrons. The zero-order valence-corrected chi connectivity index (χ0v) is 16.6. The van der Waals surface area contributed by atoms with Gasteiger partial charge in [-0.3, -0.25) is 9.59 Å². The molecule has 0 saturated heterocycles. The largest absolute Gasteiger partial charge is 0.340 e.